The first-order chi connectivity index (χ1) is 12.3. The van der Waals surface area contributed by atoms with E-state index in [0.29, 0.717) is 13.2 Å². The molecular weight excluding hydrogens is 319 g/mol. The largest absolute Gasteiger partial charge is 0.378 e. The molecule has 25 heavy (non-hydrogen) atoms. The van der Waals surface area contributed by atoms with Crippen molar-refractivity contribution in [3.63, 3.8) is 0 Å². The molecule has 1 aliphatic rings. The van der Waals surface area contributed by atoms with Crippen molar-refractivity contribution in [3.8, 4) is 11.3 Å². The molecule has 1 N–H and O–H groups in total. The smallest absolute Gasteiger partial charge is 0.126 e. The predicted octanol–water partition coefficient (Wildman–Crippen LogP) is 3.18. The summed E-state index contributed by atoms with van der Waals surface area (Å²) in [5.74, 6) is 0.662. The highest BCUT2D eigenvalue weighted by Gasteiger charge is 2.27. The molecule has 3 heterocycles. The number of benzene rings is 1. The van der Waals surface area contributed by atoms with Crippen molar-refractivity contribution in [2.24, 2.45) is 0 Å². The van der Waals surface area contributed by atoms with Crippen LogP contribution in [0.2, 0.25) is 0 Å². The molecular formula is C19H19FN4O. The van der Waals surface area contributed by atoms with Crippen LogP contribution in [0.4, 0.5) is 4.39 Å². The number of halogens is 1. The number of imidazole rings is 1. The van der Waals surface area contributed by atoms with E-state index in [1.165, 1.54) is 12.1 Å². The highest BCUT2D eigenvalue weighted by Crippen LogP contribution is 2.26. The number of hydrogen-bond acceptors (Lipinski definition) is 4. The van der Waals surface area contributed by atoms with Crippen molar-refractivity contribution >= 4 is 0 Å². The Bertz CT molecular complexity index is 819. The minimum atomic E-state index is -0.213. The Labute approximate surface area is 145 Å². The average Bonchev–Trinajstić information content (AvgIpc) is 3.15. The zero-order valence-corrected chi connectivity index (χ0v) is 13.7. The number of aromatic nitrogens is 3. The van der Waals surface area contributed by atoms with Crippen LogP contribution in [0, 0.1) is 5.82 Å². The van der Waals surface area contributed by atoms with Gasteiger partial charge in [-0.1, -0.05) is 12.1 Å². The van der Waals surface area contributed by atoms with Gasteiger partial charge in [-0.3, -0.25) is 9.88 Å². The molecule has 1 fully saturated rings. The Balaban J connectivity index is 1.55. The van der Waals surface area contributed by atoms with Crippen LogP contribution in [0.25, 0.3) is 11.3 Å². The first-order valence-corrected chi connectivity index (χ1v) is 8.31. The van der Waals surface area contributed by atoms with E-state index in [4.69, 9.17) is 4.74 Å². The summed E-state index contributed by atoms with van der Waals surface area (Å²) >= 11 is 0. The Morgan fingerprint density at radius 3 is 2.88 bits per heavy atom. The van der Waals surface area contributed by atoms with Crippen LogP contribution in [-0.4, -0.2) is 39.6 Å². The first kappa shape index (κ1) is 15.9. The minimum absolute atomic E-state index is 0.0456. The summed E-state index contributed by atoms with van der Waals surface area (Å²) in [6.45, 7) is 2.82. The Morgan fingerprint density at radius 2 is 2.08 bits per heavy atom. The molecule has 5 nitrogen and oxygen atoms in total. The van der Waals surface area contributed by atoms with E-state index in [9.17, 15) is 4.39 Å². The average molecular weight is 338 g/mol. The summed E-state index contributed by atoms with van der Waals surface area (Å²) in [7, 11) is 0. The number of nitrogens with zero attached hydrogens (tertiary/aromatic N) is 3. The van der Waals surface area contributed by atoms with Crippen LogP contribution in [0.1, 0.15) is 17.4 Å². The van der Waals surface area contributed by atoms with E-state index < -0.39 is 0 Å². The van der Waals surface area contributed by atoms with Crippen molar-refractivity contribution in [3.05, 3.63) is 72.2 Å². The molecule has 6 heteroatoms. The zero-order chi connectivity index (χ0) is 17.1. The van der Waals surface area contributed by atoms with Gasteiger partial charge >= 0.3 is 0 Å². The third-order valence-electron chi connectivity index (χ3n) is 4.42. The number of nitrogens with one attached hydrogen (secondary N) is 1. The molecule has 128 valence electrons. The number of rotatable bonds is 4. The number of ether oxygens (including phenoxy) is 1. The van der Waals surface area contributed by atoms with Gasteiger partial charge in [-0.2, -0.15) is 0 Å². The van der Waals surface area contributed by atoms with E-state index in [1.807, 2.05) is 36.7 Å². The summed E-state index contributed by atoms with van der Waals surface area (Å²) in [5.41, 5.74) is 3.02. The zero-order valence-electron chi connectivity index (χ0n) is 13.7. The molecule has 1 atom stereocenters. The Kier molecular flexibility index (Phi) is 4.54. The third-order valence-corrected chi connectivity index (χ3v) is 4.42. The van der Waals surface area contributed by atoms with E-state index in [1.54, 1.807) is 6.20 Å². The lowest BCUT2D eigenvalue weighted by atomic mass is 10.1. The van der Waals surface area contributed by atoms with Crippen LogP contribution in [0.3, 0.4) is 0 Å². The maximum absolute atomic E-state index is 13.1. The molecule has 0 amide bonds. The van der Waals surface area contributed by atoms with Gasteiger partial charge in [0.25, 0.3) is 0 Å². The molecule has 0 saturated carbocycles. The molecule has 0 radical (unpaired) electrons. The van der Waals surface area contributed by atoms with Crippen molar-refractivity contribution < 1.29 is 9.13 Å². The molecule has 1 saturated heterocycles. The number of morpholine rings is 1. The van der Waals surface area contributed by atoms with Gasteiger partial charge in [-0.05, 0) is 29.8 Å². The summed E-state index contributed by atoms with van der Waals surface area (Å²) in [4.78, 5) is 14.4. The van der Waals surface area contributed by atoms with E-state index >= 15 is 0 Å². The maximum atomic E-state index is 13.1. The van der Waals surface area contributed by atoms with Gasteiger partial charge in [-0.25, -0.2) is 9.37 Å². The highest BCUT2D eigenvalue weighted by molar-refractivity contribution is 5.56. The summed E-state index contributed by atoms with van der Waals surface area (Å²) in [5, 5.41) is 0. The molecule has 0 aliphatic carbocycles. The monoisotopic (exact) mass is 338 g/mol. The fourth-order valence-electron chi connectivity index (χ4n) is 3.08. The molecule has 1 aliphatic heterocycles. The van der Waals surface area contributed by atoms with Crippen LogP contribution in [-0.2, 0) is 11.3 Å². The van der Waals surface area contributed by atoms with E-state index in [2.05, 4.69) is 19.9 Å². The highest BCUT2D eigenvalue weighted by atomic mass is 19.1. The summed E-state index contributed by atoms with van der Waals surface area (Å²) < 4.78 is 18.8. The van der Waals surface area contributed by atoms with E-state index in [0.717, 1.165) is 35.7 Å². The fraction of sp³-hybridized carbons (Fsp3) is 0.263. The minimum Gasteiger partial charge on any atom is -0.378 e. The topological polar surface area (TPSA) is 54.0 Å². The van der Waals surface area contributed by atoms with Crippen LogP contribution in [0.15, 0.2) is 55.0 Å². The summed E-state index contributed by atoms with van der Waals surface area (Å²) in [6.07, 6.45) is 5.39. The molecule has 2 aromatic heterocycles. The Hall–Kier alpha value is -2.57. The lowest BCUT2D eigenvalue weighted by molar-refractivity contribution is -0.0156. The second-order valence-electron chi connectivity index (χ2n) is 6.11. The number of H-pyrrole nitrogens is 1. The lowest BCUT2D eigenvalue weighted by Gasteiger charge is -2.34. The molecule has 4 rings (SSSR count). The molecule has 0 bridgehead atoms. The van der Waals surface area contributed by atoms with Crippen molar-refractivity contribution in [1.29, 1.82) is 0 Å². The van der Waals surface area contributed by atoms with Gasteiger partial charge in [0.1, 0.15) is 11.6 Å². The predicted molar refractivity (Wildman–Crippen MR) is 92.2 cm³/mol. The van der Waals surface area contributed by atoms with Crippen LogP contribution < -0.4 is 0 Å². The van der Waals surface area contributed by atoms with Gasteiger partial charge in [0.2, 0.25) is 0 Å². The molecule has 0 spiro atoms. The van der Waals surface area contributed by atoms with Crippen molar-refractivity contribution in [1.82, 2.24) is 19.9 Å². The molecule has 3 aromatic rings. The second kappa shape index (κ2) is 7.13. The van der Waals surface area contributed by atoms with Gasteiger partial charge in [0.15, 0.2) is 0 Å². The first-order valence-electron chi connectivity index (χ1n) is 8.31. The van der Waals surface area contributed by atoms with Crippen LogP contribution in [0.5, 0.6) is 0 Å². The maximum Gasteiger partial charge on any atom is 0.126 e. The van der Waals surface area contributed by atoms with E-state index in [-0.39, 0.29) is 11.9 Å². The Morgan fingerprint density at radius 1 is 1.20 bits per heavy atom. The third kappa shape index (κ3) is 3.60. The van der Waals surface area contributed by atoms with Crippen LogP contribution >= 0.6 is 0 Å². The van der Waals surface area contributed by atoms with Crippen molar-refractivity contribution in [2.75, 3.05) is 19.8 Å². The quantitative estimate of drug-likeness (QED) is 0.794. The van der Waals surface area contributed by atoms with Gasteiger partial charge in [0.05, 0.1) is 31.1 Å². The van der Waals surface area contributed by atoms with Gasteiger partial charge in [-0.15, -0.1) is 0 Å². The van der Waals surface area contributed by atoms with Crippen molar-refractivity contribution in [2.45, 2.75) is 12.6 Å². The number of hydrogen-bond donors (Lipinski definition) is 1. The summed E-state index contributed by atoms with van der Waals surface area (Å²) in [6, 6.07) is 10.6. The normalized spacial score (nSPS) is 18.4. The lowest BCUT2D eigenvalue weighted by Crippen LogP contribution is -2.39. The molecule has 1 unspecified atom stereocenters. The van der Waals surface area contributed by atoms with Gasteiger partial charge in [0, 0.05) is 31.0 Å². The standard InChI is InChI=1S/C19H19FN4O/c20-16-5-3-14(4-6-16)12-24-8-9-25-13-18(24)19-22-11-17(23-19)15-2-1-7-21-10-15/h1-7,10-11,18H,8-9,12-13H2,(H,22,23). The number of aromatic amines is 1. The second-order valence-corrected chi connectivity index (χ2v) is 6.11. The molecule has 1 aromatic carbocycles. The SMILES string of the molecule is Fc1ccc(CN2CCOCC2c2ncc(-c3cccnc3)[nH]2)cc1. The fourth-order valence-corrected chi connectivity index (χ4v) is 3.08. The number of pyridine rings is 1. The van der Waals surface area contributed by atoms with Gasteiger partial charge < -0.3 is 9.72 Å².